The molecule has 0 saturated heterocycles. The van der Waals surface area contributed by atoms with Gasteiger partial charge in [-0.15, -0.1) is 0 Å². The fourth-order valence-corrected chi connectivity index (χ4v) is 2.63. The number of carbonyl (C=O) groups excluding carboxylic acids is 2. The Bertz CT molecular complexity index is 1170. The van der Waals surface area contributed by atoms with Crippen LogP contribution in [0.15, 0.2) is 53.6 Å². The number of halogens is 1. The van der Waals surface area contributed by atoms with Crippen molar-refractivity contribution in [3.05, 3.63) is 69.7 Å². The van der Waals surface area contributed by atoms with E-state index in [1.807, 2.05) is 6.07 Å². The molecule has 0 saturated carbocycles. The van der Waals surface area contributed by atoms with Gasteiger partial charge in [-0.05, 0) is 30.3 Å². The Morgan fingerprint density at radius 3 is 2.82 bits per heavy atom. The third-order valence-electron chi connectivity index (χ3n) is 3.77. The van der Waals surface area contributed by atoms with Crippen molar-refractivity contribution in [1.29, 1.82) is 5.26 Å². The first-order valence-electron chi connectivity index (χ1n) is 8.07. The number of nitriles is 1. The molecule has 0 fully saturated rings. The van der Waals surface area contributed by atoms with Gasteiger partial charge in [-0.3, -0.25) is 19.0 Å². The van der Waals surface area contributed by atoms with Crippen LogP contribution in [0.5, 0.6) is 0 Å². The molecule has 140 valence electrons. The summed E-state index contributed by atoms with van der Waals surface area (Å²) in [4.78, 5) is 40.4. The second kappa shape index (κ2) is 8.33. The number of nitrogens with zero attached hydrogens (tertiary/aromatic N) is 3. The van der Waals surface area contributed by atoms with Crippen LogP contribution in [0.4, 0.5) is 5.69 Å². The second-order valence-corrected chi connectivity index (χ2v) is 6.14. The van der Waals surface area contributed by atoms with E-state index in [0.29, 0.717) is 15.9 Å². The molecule has 9 heteroatoms. The number of amides is 1. The summed E-state index contributed by atoms with van der Waals surface area (Å²) in [5, 5.41) is 12.2. The van der Waals surface area contributed by atoms with Crippen LogP contribution in [0.1, 0.15) is 5.56 Å². The quantitative estimate of drug-likeness (QED) is 0.660. The van der Waals surface area contributed by atoms with Crippen molar-refractivity contribution in [3.8, 4) is 6.07 Å². The predicted molar refractivity (Wildman–Crippen MR) is 102 cm³/mol. The molecule has 2 aromatic carbocycles. The molecular weight excluding hydrogens is 384 g/mol. The Morgan fingerprint density at radius 2 is 2.04 bits per heavy atom. The Kier molecular flexibility index (Phi) is 5.67. The van der Waals surface area contributed by atoms with Gasteiger partial charge in [0.15, 0.2) is 6.61 Å². The van der Waals surface area contributed by atoms with Gasteiger partial charge >= 0.3 is 5.97 Å². The average Bonchev–Trinajstić information content (AvgIpc) is 2.69. The van der Waals surface area contributed by atoms with Crippen LogP contribution < -0.4 is 10.9 Å². The highest BCUT2D eigenvalue weighted by Crippen LogP contribution is 2.20. The van der Waals surface area contributed by atoms with Crippen LogP contribution >= 0.6 is 11.6 Å². The molecule has 28 heavy (non-hydrogen) atoms. The van der Waals surface area contributed by atoms with Gasteiger partial charge in [0.1, 0.15) is 12.6 Å². The zero-order chi connectivity index (χ0) is 20.1. The summed E-state index contributed by atoms with van der Waals surface area (Å²) in [6.45, 7) is -0.962. The van der Waals surface area contributed by atoms with Crippen LogP contribution in [0.3, 0.4) is 0 Å². The van der Waals surface area contributed by atoms with Gasteiger partial charge in [0.2, 0.25) is 0 Å². The maximum atomic E-state index is 12.3. The molecular formula is C19H13ClN4O4. The highest BCUT2D eigenvalue weighted by Gasteiger charge is 2.13. The SMILES string of the molecule is N#Cc1ccc(Cl)cc1NC(=O)COC(=O)Cn1cnc2ccccc2c1=O. The van der Waals surface area contributed by atoms with Gasteiger partial charge in [-0.2, -0.15) is 5.26 Å². The fourth-order valence-electron chi connectivity index (χ4n) is 2.45. The van der Waals surface area contributed by atoms with E-state index in [2.05, 4.69) is 10.3 Å². The van der Waals surface area contributed by atoms with E-state index >= 15 is 0 Å². The number of aromatic nitrogens is 2. The highest BCUT2D eigenvalue weighted by atomic mass is 35.5. The molecule has 1 N–H and O–H groups in total. The highest BCUT2D eigenvalue weighted by molar-refractivity contribution is 6.31. The van der Waals surface area contributed by atoms with E-state index in [1.165, 1.54) is 24.5 Å². The molecule has 0 unspecified atom stereocenters. The van der Waals surface area contributed by atoms with Crippen LogP contribution in [-0.2, 0) is 20.9 Å². The number of esters is 1. The van der Waals surface area contributed by atoms with E-state index in [0.717, 1.165) is 4.57 Å². The number of benzene rings is 2. The van der Waals surface area contributed by atoms with Crippen LogP contribution in [0, 0.1) is 11.3 Å². The third-order valence-corrected chi connectivity index (χ3v) is 4.01. The van der Waals surface area contributed by atoms with Gasteiger partial charge in [0.05, 0.1) is 28.5 Å². The lowest BCUT2D eigenvalue weighted by Gasteiger charge is -2.09. The molecule has 0 bridgehead atoms. The number of para-hydroxylation sites is 1. The molecule has 0 radical (unpaired) electrons. The summed E-state index contributed by atoms with van der Waals surface area (Å²) in [6, 6.07) is 13.1. The number of fused-ring (bicyclic) bond motifs is 1. The predicted octanol–water partition coefficient (Wildman–Crippen LogP) is 2.10. The van der Waals surface area contributed by atoms with Crippen LogP contribution in [0.25, 0.3) is 10.9 Å². The lowest BCUT2D eigenvalue weighted by Crippen LogP contribution is -2.28. The zero-order valence-electron chi connectivity index (χ0n) is 14.4. The first kappa shape index (κ1) is 19.1. The molecule has 0 atom stereocenters. The largest absolute Gasteiger partial charge is 0.454 e. The van der Waals surface area contributed by atoms with Gasteiger partial charge in [0, 0.05) is 5.02 Å². The van der Waals surface area contributed by atoms with Crippen molar-refractivity contribution in [3.63, 3.8) is 0 Å². The van der Waals surface area contributed by atoms with Crippen LogP contribution in [0.2, 0.25) is 5.02 Å². The van der Waals surface area contributed by atoms with E-state index in [1.54, 1.807) is 24.3 Å². The third kappa shape index (κ3) is 4.34. The summed E-state index contributed by atoms with van der Waals surface area (Å²) in [5.41, 5.74) is 0.569. The fraction of sp³-hybridized carbons (Fsp3) is 0.105. The van der Waals surface area contributed by atoms with Crippen molar-refractivity contribution < 1.29 is 14.3 Å². The summed E-state index contributed by atoms with van der Waals surface area (Å²) < 4.78 is 6.00. The first-order valence-corrected chi connectivity index (χ1v) is 8.45. The summed E-state index contributed by atoms with van der Waals surface area (Å²) in [5.74, 6) is -1.42. The van der Waals surface area contributed by atoms with Crippen LogP contribution in [-0.4, -0.2) is 28.0 Å². The Labute approximate surface area is 163 Å². The number of carbonyl (C=O) groups is 2. The molecule has 1 heterocycles. The zero-order valence-corrected chi connectivity index (χ0v) is 15.1. The molecule has 1 amide bonds. The van der Waals surface area contributed by atoms with E-state index < -0.39 is 18.5 Å². The van der Waals surface area contributed by atoms with Gasteiger partial charge in [-0.1, -0.05) is 23.7 Å². The molecule has 8 nitrogen and oxygen atoms in total. The smallest absolute Gasteiger partial charge is 0.326 e. The van der Waals surface area contributed by atoms with Crippen molar-refractivity contribution in [2.45, 2.75) is 6.54 Å². The minimum Gasteiger partial charge on any atom is -0.454 e. The van der Waals surface area contributed by atoms with Gasteiger partial charge < -0.3 is 10.1 Å². The number of hydrogen-bond donors (Lipinski definition) is 1. The van der Waals surface area contributed by atoms with Crippen molar-refractivity contribution in [1.82, 2.24) is 9.55 Å². The van der Waals surface area contributed by atoms with Gasteiger partial charge in [-0.25, -0.2) is 4.98 Å². The number of rotatable bonds is 5. The summed E-state index contributed by atoms with van der Waals surface area (Å²) in [6.07, 6.45) is 1.25. The molecule has 0 aliphatic heterocycles. The van der Waals surface area contributed by atoms with Crippen molar-refractivity contribution in [2.24, 2.45) is 0 Å². The van der Waals surface area contributed by atoms with E-state index in [4.69, 9.17) is 21.6 Å². The maximum absolute atomic E-state index is 12.3. The Balaban J connectivity index is 1.61. The normalized spacial score (nSPS) is 10.3. The number of ether oxygens (including phenoxy) is 1. The molecule has 3 rings (SSSR count). The standard InChI is InChI=1S/C19H13ClN4O4/c20-13-6-5-12(8-21)16(7-13)23-17(25)10-28-18(26)9-24-11-22-15-4-2-1-3-14(15)19(24)27/h1-7,11H,9-10H2,(H,23,25). The topological polar surface area (TPSA) is 114 Å². The minimum absolute atomic E-state index is 0.214. The Morgan fingerprint density at radius 1 is 1.25 bits per heavy atom. The first-order chi connectivity index (χ1) is 13.5. The number of anilines is 1. The second-order valence-electron chi connectivity index (χ2n) is 5.71. The molecule has 3 aromatic rings. The molecule has 0 aliphatic rings. The number of nitrogens with one attached hydrogen (secondary N) is 1. The van der Waals surface area contributed by atoms with E-state index in [-0.39, 0.29) is 23.4 Å². The average molecular weight is 397 g/mol. The molecule has 0 aliphatic carbocycles. The van der Waals surface area contributed by atoms with Crippen molar-refractivity contribution in [2.75, 3.05) is 11.9 Å². The Hall–Kier alpha value is -3.70. The van der Waals surface area contributed by atoms with Gasteiger partial charge in [0.25, 0.3) is 11.5 Å². The number of hydrogen-bond acceptors (Lipinski definition) is 6. The van der Waals surface area contributed by atoms with Crippen molar-refractivity contribution >= 4 is 40.1 Å². The molecule has 1 aromatic heterocycles. The van der Waals surface area contributed by atoms with E-state index in [9.17, 15) is 14.4 Å². The minimum atomic E-state index is -0.777. The maximum Gasteiger partial charge on any atom is 0.326 e. The summed E-state index contributed by atoms with van der Waals surface area (Å²) >= 11 is 5.85. The lowest BCUT2D eigenvalue weighted by molar-refractivity contribution is -0.147. The molecule has 0 spiro atoms. The monoisotopic (exact) mass is 396 g/mol. The summed E-state index contributed by atoms with van der Waals surface area (Å²) in [7, 11) is 0. The lowest BCUT2D eigenvalue weighted by atomic mass is 10.2.